The third-order valence-electron chi connectivity index (χ3n) is 1.56. The summed E-state index contributed by atoms with van der Waals surface area (Å²) >= 11 is 3.26. The van der Waals surface area contributed by atoms with E-state index in [1.165, 1.54) is 6.33 Å². The monoisotopic (exact) mass is 271 g/mol. The number of hydrogen-bond donors (Lipinski definition) is 1. The lowest BCUT2D eigenvalue weighted by atomic mass is 10.5. The van der Waals surface area contributed by atoms with Crippen molar-refractivity contribution < 1.29 is 4.74 Å². The Morgan fingerprint density at radius 1 is 1.60 bits per heavy atom. The maximum Gasteiger partial charge on any atom is 0.218 e. The van der Waals surface area contributed by atoms with Crippen LogP contribution in [0.3, 0.4) is 0 Å². The molecule has 1 heterocycles. The molecule has 0 bridgehead atoms. The molecule has 0 fully saturated rings. The smallest absolute Gasteiger partial charge is 0.218 e. The van der Waals surface area contributed by atoms with Crippen LogP contribution in [-0.4, -0.2) is 23.1 Å². The average molecular weight is 272 g/mol. The highest BCUT2D eigenvalue weighted by Crippen LogP contribution is 2.12. The van der Waals surface area contributed by atoms with Gasteiger partial charge in [0.2, 0.25) is 5.88 Å². The predicted molar refractivity (Wildman–Crippen MR) is 64.4 cm³/mol. The molecular weight excluding hydrogens is 258 g/mol. The van der Waals surface area contributed by atoms with Crippen molar-refractivity contribution in [3.05, 3.63) is 23.5 Å². The number of ether oxygens (including phenoxy) is 1. The van der Waals surface area contributed by atoms with Crippen LogP contribution in [0.1, 0.15) is 13.3 Å². The van der Waals surface area contributed by atoms with E-state index in [0.717, 1.165) is 16.7 Å². The fourth-order valence-corrected chi connectivity index (χ4v) is 1.05. The van der Waals surface area contributed by atoms with Gasteiger partial charge in [0.25, 0.3) is 0 Å². The maximum atomic E-state index is 5.38. The van der Waals surface area contributed by atoms with Crippen LogP contribution in [0.15, 0.2) is 23.5 Å². The molecule has 1 rings (SSSR count). The van der Waals surface area contributed by atoms with Crippen molar-refractivity contribution in [3.8, 4) is 5.88 Å². The van der Waals surface area contributed by atoms with Crippen LogP contribution in [0.4, 0.5) is 5.82 Å². The van der Waals surface area contributed by atoms with Gasteiger partial charge in [0.15, 0.2) is 0 Å². The van der Waals surface area contributed by atoms with Gasteiger partial charge in [0.1, 0.15) is 12.1 Å². The van der Waals surface area contributed by atoms with Crippen LogP contribution in [0.5, 0.6) is 5.88 Å². The van der Waals surface area contributed by atoms with Gasteiger partial charge in [-0.1, -0.05) is 29.4 Å². The largest absolute Gasteiger partial charge is 0.478 e. The molecule has 82 valence electrons. The lowest BCUT2D eigenvalue weighted by molar-refractivity contribution is 0.305. The minimum absolute atomic E-state index is 0.592. The SMILES string of the molecule is C=C(Br)CNc1cc(OCCC)ncn1. The Kier molecular flexibility index (Phi) is 5.10. The molecule has 5 heteroatoms. The summed E-state index contributed by atoms with van der Waals surface area (Å²) in [5.74, 6) is 1.33. The number of nitrogens with zero attached hydrogens (tertiary/aromatic N) is 2. The van der Waals surface area contributed by atoms with Crippen molar-refractivity contribution in [2.75, 3.05) is 18.5 Å². The summed E-state index contributed by atoms with van der Waals surface area (Å²) in [4.78, 5) is 8.05. The van der Waals surface area contributed by atoms with Crippen LogP contribution >= 0.6 is 15.9 Å². The summed E-state index contributed by atoms with van der Waals surface area (Å²) in [6, 6.07) is 1.77. The zero-order valence-corrected chi connectivity index (χ0v) is 10.2. The Balaban J connectivity index is 2.53. The molecule has 0 aliphatic heterocycles. The van der Waals surface area contributed by atoms with Gasteiger partial charge in [0, 0.05) is 17.1 Å². The van der Waals surface area contributed by atoms with Crippen LogP contribution in [0.2, 0.25) is 0 Å². The van der Waals surface area contributed by atoms with E-state index >= 15 is 0 Å². The Labute approximate surface area is 97.9 Å². The van der Waals surface area contributed by atoms with Gasteiger partial charge in [-0.3, -0.25) is 0 Å². The van der Waals surface area contributed by atoms with Crippen molar-refractivity contribution in [1.29, 1.82) is 0 Å². The molecule has 0 atom stereocenters. The fraction of sp³-hybridized carbons (Fsp3) is 0.400. The Morgan fingerprint density at radius 3 is 3.07 bits per heavy atom. The third-order valence-corrected chi connectivity index (χ3v) is 1.84. The first-order valence-electron chi connectivity index (χ1n) is 4.74. The van der Waals surface area contributed by atoms with Gasteiger partial charge >= 0.3 is 0 Å². The minimum Gasteiger partial charge on any atom is -0.478 e. The molecule has 4 nitrogen and oxygen atoms in total. The molecule has 1 aromatic heterocycles. The number of anilines is 1. The zero-order chi connectivity index (χ0) is 11.1. The highest BCUT2D eigenvalue weighted by atomic mass is 79.9. The third kappa shape index (κ3) is 4.78. The topological polar surface area (TPSA) is 47.0 Å². The standard InChI is InChI=1S/C10H14BrN3O/c1-3-4-15-10-5-9(13-7-14-10)12-6-8(2)11/h5,7H,2-4,6H2,1H3,(H,12,13,14). The van der Waals surface area contributed by atoms with E-state index in [0.29, 0.717) is 19.0 Å². The average Bonchev–Trinajstić information content (AvgIpc) is 2.24. The van der Waals surface area contributed by atoms with E-state index in [2.05, 4.69) is 44.7 Å². The molecule has 0 unspecified atom stereocenters. The van der Waals surface area contributed by atoms with Crippen molar-refractivity contribution in [2.24, 2.45) is 0 Å². The van der Waals surface area contributed by atoms with E-state index in [1.54, 1.807) is 6.07 Å². The summed E-state index contributed by atoms with van der Waals surface area (Å²) in [5.41, 5.74) is 0. The maximum absolute atomic E-state index is 5.38. The first-order valence-corrected chi connectivity index (χ1v) is 5.53. The molecule has 0 spiro atoms. The van der Waals surface area contributed by atoms with Gasteiger partial charge in [-0.25, -0.2) is 9.97 Å². The van der Waals surface area contributed by atoms with Crippen LogP contribution in [0, 0.1) is 0 Å². The number of hydrogen-bond acceptors (Lipinski definition) is 4. The van der Waals surface area contributed by atoms with Crippen molar-refractivity contribution >= 4 is 21.7 Å². The van der Waals surface area contributed by atoms with Gasteiger partial charge in [-0.15, -0.1) is 0 Å². The number of rotatable bonds is 6. The van der Waals surface area contributed by atoms with E-state index < -0.39 is 0 Å². The fourth-order valence-electron chi connectivity index (χ4n) is 0.908. The van der Waals surface area contributed by atoms with Crippen molar-refractivity contribution in [2.45, 2.75) is 13.3 Å². The molecule has 0 saturated carbocycles. The molecule has 1 aromatic rings. The zero-order valence-electron chi connectivity index (χ0n) is 8.66. The minimum atomic E-state index is 0.592. The normalized spacial score (nSPS) is 9.73. The van der Waals surface area contributed by atoms with Crippen LogP contribution < -0.4 is 10.1 Å². The molecule has 0 aliphatic carbocycles. The first-order chi connectivity index (χ1) is 7.22. The molecule has 0 aliphatic rings. The lowest BCUT2D eigenvalue weighted by Gasteiger charge is -2.06. The second kappa shape index (κ2) is 6.40. The Hall–Kier alpha value is -1.10. The lowest BCUT2D eigenvalue weighted by Crippen LogP contribution is -2.04. The molecule has 1 N–H and O–H groups in total. The van der Waals surface area contributed by atoms with Crippen LogP contribution in [0.25, 0.3) is 0 Å². The van der Waals surface area contributed by atoms with E-state index in [4.69, 9.17) is 4.74 Å². The first kappa shape index (κ1) is 12.0. The molecule has 0 aromatic carbocycles. The molecular formula is C10H14BrN3O. The Morgan fingerprint density at radius 2 is 2.40 bits per heavy atom. The van der Waals surface area contributed by atoms with E-state index in [1.807, 2.05) is 0 Å². The summed E-state index contributed by atoms with van der Waals surface area (Å²) in [6.45, 7) is 7.07. The highest BCUT2D eigenvalue weighted by Gasteiger charge is 1.98. The van der Waals surface area contributed by atoms with Gasteiger partial charge < -0.3 is 10.1 Å². The summed E-state index contributed by atoms with van der Waals surface area (Å²) in [5, 5.41) is 3.08. The number of halogens is 1. The number of aromatic nitrogens is 2. The van der Waals surface area contributed by atoms with Crippen molar-refractivity contribution in [3.63, 3.8) is 0 Å². The molecule has 0 saturated heterocycles. The number of nitrogens with one attached hydrogen (secondary N) is 1. The quantitative estimate of drug-likeness (QED) is 0.864. The van der Waals surface area contributed by atoms with Crippen molar-refractivity contribution in [1.82, 2.24) is 9.97 Å². The van der Waals surface area contributed by atoms with Gasteiger partial charge in [-0.05, 0) is 6.42 Å². The molecule has 15 heavy (non-hydrogen) atoms. The summed E-state index contributed by atoms with van der Waals surface area (Å²) in [6.07, 6.45) is 2.44. The Bertz CT molecular complexity index is 330. The second-order valence-electron chi connectivity index (χ2n) is 2.96. The van der Waals surface area contributed by atoms with Gasteiger partial charge in [-0.2, -0.15) is 0 Å². The highest BCUT2D eigenvalue weighted by molar-refractivity contribution is 9.11. The van der Waals surface area contributed by atoms with E-state index in [9.17, 15) is 0 Å². The van der Waals surface area contributed by atoms with Crippen LogP contribution in [-0.2, 0) is 0 Å². The summed E-state index contributed by atoms with van der Waals surface area (Å²) in [7, 11) is 0. The summed E-state index contributed by atoms with van der Waals surface area (Å²) < 4.78 is 6.25. The van der Waals surface area contributed by atoms with E-state index in [-0.39, 0.29) is 0 Å². The second-order valence-corrected chi connectivity index (χ2v) is 4.08. The molecule has 0 radical (unpaired) electrons. The van der Waals surface area contributed by atoms with Gasteiger partial charge in [0.05, 0.1) is 6.61 Å². The predicted octanol–water partition coefficient (Wildman–Crippen LogP) is 2.59. The molecule has 0 amide bonds.